The molecular weight excluding hydrogens is 308 g/mol. The van der Waals surface area contributed by atoms with Crippen molar-refractivity contribution in [3.63, 3.8) is 0 Å². The van der Waals surface area contributed by atoms with E-state index in [9.17, 15) is 4.79 Å². The number of carbonyl (C=O) groups is 1. The van der Waals surface area contributed by atoms with E-state index < -0.39 is 0 Å². The van der Waals surface area contributed by atoms with E-state index in [0.29, 0.717) is 19.7 Å². The highest BCUT2D eigenvalue weighted by Gasteiger charge is 2.20. The minimum Gasteiger partial charge on any atom is -0.492 e. The summed E-state index contributed by atoms with van der Waals surface area (Å²) in [6, 6.07) is 7.66. The molecule has 2 rings (SSSR count). The Bertz CT molecular complexity index is 422. The Morgan fingerprint density at radius 3 is 3.00 bits per heavy atom. The molecule has 0 heterocycles. The number of rotatable bonds is 8. The first kappa shape index (κ1) is 14.3. The summed E-state index contributed by atoms with van der Waals surface area (Å²) in [5.41, 5.74) is 0. The molecule has 0 saturated heterocycles. The van der Waals surface area contributed by atoms with Crippen molar-refractivity contribution in [3.05, 3.63) is 28.7 Å². The largest absolute Gasteiger partial charge is 0.492 e. The third kappa shape index (κ3) is 6.07. The van der Waals surface area contributed by atoms with Gasteiger partial charge in [-0.1, -0.05) is 22.0 Å². The van der Waals surface area contributed by atoms with Crippen LogP contribution in [0.4, 0.5) is 0 Å². The number of halogens is 1. The summed E-state index contributed by atoms with van der Waals surface area (Å²) in [6.07, 6.45) is 2.60. The fraction of sp³-hybridized carbons (Fsp3) is 0.500. The van der Waals surface area contributed by atoms with Crippen molar-refractivity contribution in [3.8, 4) is 5.75 Å². The zero-order valence-electron chi connectivity index (χ0n) is 10.8. The third-order valence-electron chi connectivity index (χ3n) is 2.90. The topological polar surface area (TPSA) is 50.4 Å². The normalized spacial score (nSPS) is 14.2. The second-order valence-electron chi connectivity index (χ2n) is 4.73. The van der Waals surface area contributed by atoms with Crippen LogP contribution in [0.2, 0.25) is 0 Å². The zero-order chi connectivity index (χ0) is 13.5. The Morgan fingerprint density at radius 1 is 1.42 bits per heavy atom. The van der Waals surface area contributed by atoms with E-state index in [1.807, 2.05) is 24.3 Å². The second-order valence-corrected chi connectivity index (χ2v) is 5.65. The maximum atomic E-state index is 11.5. The van der Waals surface area contributed by atoms with Crippen molar-refractivity contribution in [1.29, 1.82) is 0 Å². The highest BCUT2D eigenvalue weighted by Crippen LogP contribution is 2.27. The molecule has 0 atom stereocenters. The average Bonchev–Trinajstić information content (AvgIpc) is 3.19. The van der Waals surface area contributed by atoms with E-state index >= 15 is 0 Å². The Hall–Kier alpha value is -1.07. The summed E-state index contributed by atoms with van der Waals surface area (Å²) >= 11 is 3.38. The minimum absolute atomic E-state index is 0.0264. The molecule has 0 spiro atoms. The van der Waals surface area contributed by atoms with Crippen LogP contribution in [0.1, 0.15) is 12.8 Å². The van der Waals surface area contributed by atoms with Crippen LogP contribution in [0.15, 0.2) is 28.7 Å². The molecule has 1 saturated carbocycles. The monoisotopic (exact) mass is 326 g/mol. The number of carbonyl (C=O) groups excluding carboxylic acids is 1. The van der Waals surface area contributed by atoms with E-state index in [2.05, 4.69) is 26.6 Å². The Kier molecular flexibility index (Phi) is 5.66. The van der Waals surface area contributed by atoms with E-state index in [1.165, 1.54) is 12.8 Å². The summed E-state index contributed by atoms with van der Waals surface area (Å²) in [5.74, 6) is 1.63. The average molecular weight is 327 g/mol. The molecule has 0 bridgehead atoms. The molecule has 5 heteroatoms. The number of amides is 1. The van der Waals surface area contributed by atoms with Crippen LogP contribution in [-0.4, -0.2) is 32.1 Å². The van der Waals surface area contributed by atoms with Gasteiger partial charge >= 0.3 is 0 Å². The highest BCUT2D eigenvalue weighted by molar-refractivity contribution is 9.10. The molecule has 0 aromatic heterocycles. The van der Waals surface area contributed by atoms with Gasteiger partial charge in [-0.2, -0.15) is 0 Å². The van der Waals surface area contributed by atoms with E-state index in [4.69, 9.17) is 4.74 Å². The molecule has 2 N–H and O–H groups in total. The van der Waals surface area contributed by atoms with Crippen molar-refractivity contribution < 1.29 is 9.53 Å². The minimum atomic E-state index is 0.0264. The summed E-state index contributed by atoms with van der Waals surface area (Å²) in [4.78, 5) is 11.5. The lowest BCUT2D eigenvalue weighted by molar-refractivity contribution is -0.120. The van der Waals surface area contributed by atoms with Gasteiger partial charge in [0.25, 0.3) is 0 Å². The zero-order valence-corrected chi connectivity index (χ0v) is 12.4. The van der Waals surface area contributed by atoms with Crippen LogP contribution in [-0.2, 0) is 4.79 Å². The molecule has 1 aliphatic carbocycles. The number of nitrogens with one attached hydrogen (secondary N) is 2. The Balaban J connectivity index is 1.51. The fourth-order valence-electron chi connectivity index (χ4n) is 1.69. The van der Waals surface area contributed by atoms with E-state index in [1.54, 1.807) is 0 Å². The quantitative estimate of drug-likeness (QED) is 0.718. The van der Waals surface area contributed by atoms with Crippen molar-refractivity contribution >= 4 is 21.8 Å². The molecule has 1 amide bonds. The van der Waals surface area contributed by atoms with Gasteiger partial charge in [0.15, 0.2) is 0 Å². The van der Waals surface area contributed by atoms with Gasteiger partial charge in [0.1, 0.15) is 12.4 Å². The summed E-state index contributed by atoms with van der Waals surface area (Å²) < 4.78 is 6.51. The smallest absolute Gasteiger partial charge is 0.234 e. The first-order valence-corrected chi connectivity index (χ1v) is 7.39. The van der Waals surface area contributed by atoms with Crippen LogP contribution >= 0.6 is 15.9 Å². The molecular formula is C14H19BrN2O2. The van der Waals surface area contributed by atoms with E-state index in [0.717, 1.165) is 22.7 Å². The van der Waals surface area contributed by atoms with Crippen LogP contribution in [0.5, 0.6) is 5.75 Å². The summed E-state index contributed by atoms with van der Waals surface area (Å²) in [6.45, 7) is 2.36. The standard InChI is InChI=1S/C14H19BrN2O2/c15-12-2-1-3-13(8-12)19-7-6-17-14(18)10-16-9-11-4-5-11/h1-3,8,11,16H,4-7,9-10H2,(H,17,18). The van der Waals surface area contributed by atoms with E-state index in [-0.39, 0.29) is 5.91 Å². The maximum absolute atomic E-state index is 11.5. The number of benzene rings is 1. The van der Waals surface area contributed by atoms with Crippen LogP contribution in [0.25, 0.3) is 0 Å². The highest BCUT2D eigenvalue weighted by atomic mass is 79.9. The van der Waals surface area contributed by atoms with Crippen LogP contribution in [0.3, 0.4) is 0 Å². The van der Waals surface area contributed by atoms with Gasteiger partial charge in [0.05, 0.1) is 13.1 Å². The van der Waals surface area contributed by atoms with Gasteiger partial charge < -0.3 is 15.4 Å². The van der Waals surface area contributed by atoms with Gasteiger partial charge in [-0.3, -0.25) is 4.79 Å². The van der Waals surface area contributed by atoms with Crippen molar-refractivity contribution in [1.82, 2.24) is 10.6 Å². The molecule has 0 aliphatic heterocycles. The van der Waals surface area contributed by atoms with Crippen LogP contribution in [0, 0.1) is 5.92 Å². The molecule has 1 aromatic rings. The van der Waals surface area contributed by atoms with Gasteiger partial charge in [0.2, 0.25) is 5.91 Å². The second kappa shape index (κ2) is 7.50. The van der Waals surface area contributed by atoms with Gasteiger partial charge in [-0.25, -0.2) is 0 Å². The molecule has 104 valence electrons. The molecule has 1 aromatic carbocycles. The predicted molar refractivity (Wildman–Crippen MR) is 78.2 cm³/mol. The van der Waals surface area contributed by atoms with Gasteiger partial charge in [-0.05, 0) is 43.5 Å². The molecule has 19 heavy (non-hydrogen) atoms. The maximum Gasteiger partial charge on any atom is 0.234 e. The van der Waals surface area contributed by atoms with Crippen molar-refractivity contribution in [2.75, 3.05) is 26.2 Å². The first-order valence-electron chi connectivity index (χ1n) is 6.60. The Morgan fingerprint density at radius 2 is 2.26 bits per heavy atom. The van der Waals surface area contributed by atoms with Gasteiger partial charge in [-0.15, -0.1) is 0 Å². The first-order chi connectivity index (χ1) is 9.24. The molecule has 4 nitrogen and oxygen atoms in total. The van der Waals surface area contributed by atoms with Crippen LogP contribution < -0.4 is 15.4 Å². The fourth-order valence-corrected chi connectivity index (χ4v) is 2.07. The molecule has 1 aliphatic rings. The summed E-state index contributed by atoms with van der Waals surface area (Å²) in [7, 11) is 0. The van der Waals surface area contributed by atoms with Crippen molar-refractivity contribution in [2.24, 2.45) is 5.92 Å². The third-order valence-corrected chi connectivity index (χ3v) is 3.40. The lowest BCUT2D eigenvalue weighted by atomic mass is 10.3. The number of ether oxygens (including phenoxy) is 1. The Labute approximate surface area is 122 Å². The number of hydrogen-bond donors (Lipinski definition) is 2. The summed E-state index contributed by atoms with van der Waals surface area (Å²) in [5, 5.41) is 5.98. The molecule has 0 radical (unpaired) electrons. The van der Waals surface area contributed by atoms with Gasteiger partial charge in [0, 0.05) is 4.47 Å². The van der Waals surface area contributed by atoms with Crippen molar-refractivity contribution in [2.45, 2.75) is 12.8 Å². The molecule has 1 fully saturated rings. The lowest BCUT2D eigenvalue weighted by Gasteiger charge is -2.08. The lowest BCUT2D eigenvalue weighted by Crippen LogP contribution is -2.36. The predicted octanol–water partition coefficient (Wildman–Crippen LogP) is 1.94. The number of hydrogen-bond acceptors (Lipinski definition) is 3. The SMILES string of the molecule is O=C(CNCC1CC1)NCCOc1cccc(Br)c1. The molecule has 0 unspecified atom stereocenters.